The van der Waals surface area contributed by atoms with Crippen LogP contribution in [-0.4, -0.2) is 22.0 Å². The fourth-order valence-electron chi connectivity index (χ4n) is 4.09. The molecule has 0 aliphatic carbocycles. The van der Waals surface area contributed by atoms with Gasteiger partial charge in [0, 0.05) is 23.4 Å². The number of carbonyl (C=O) groups is 2. The van der Waals surface area contributed by atoms with Crippen LogP contribution >= 0.6 is 22.7 Å². The molecular formula is C24H28N4O2S2. The number of piperidine rings is 1. The number of hydrogen-bond acceptors (Lipinski definition) is 6. The number of rotatable bonds is 8. The molecule has 3 heterocycles. The van der Waals surface area contributed by atoms with Crippen molar-refractivity contribution in [1.82, 2.24) is 10.2 Å². The lowest BCUT2D eigenvalue weighted by atomic mass is 9.86. The molecular weight excluding hydrogens is 440 g/mol. The van der Waals surface area contributed by atoms with E-state index in [1.807, 2.05) is 48.7 Å². The normalized spacial score (nSPS) is 18.7. The molecule has 1 fully saturated rings. The Balaban J connectivity index is 1.57. The second kappa shape index (κ2) is 10.4. The summed E-state index contributed by atoms with van der Waals surface area (Å²) >= 11 is 3.02. The molecule has 2 atom stereocenters. The van der Waals surface area contributed by atoms with Gasteiger partial charge in [-0.2, -0.15) is 0 Å². The molecule has 0 saturated carbocycles. The predicted octanol–water partition coefficient (Wildman–Crippen LogP) is 5.76. The van der Waals surface area contributed by atoms with Gasteiger partial charge in [0.2, 0.25) is 16.9 Å². The second-order valence-electron chi connectivity index (χ2n) is 8.15. The zero-order valence-corrected chi connectivity index (χ0v) is 20.0. The maximum atomic E-state index is 13.4. The van der Waals surface area contributed by atoms with Gasteiger partial charge in [0.05, 0.1) is 12.0 Å². The van der Waals surface area contributed by atoms with Crippen molar-refractivity contribution in [3.8, 4) is 0 Å². The predicted molar refractivity (Wildman–Crippen MR) is 130 cm³/mol. The number of aromatic nitrogens is 2. The van der Waals surface area contributed by atoms with Crippen molar-refractivity contribution < 1.29 is 9.59 Å². The van der Waals surface area contributed by atoms with Crippen LogP contribution in [0.15, 0.2) is 41.8 Å². The van der Waals surface area contributed by atoms with Crippen LogP contribution in [0.4, 0.5) is 10.8 Å². The van der Waals surface area contributed by atoms with Crippen LogP contribution in [0, 0.1) is 12.8 Å². The average Bonchev–Trinajstić information content (AvgIpc) is 3.47. The molecule has 1 aliphatic heterocycles. The first-order chi connectivity index (χ1) is 15.6. The van der Waals surface area contributed by atoms with Crippen LogP contribution in [0.5, 0.6) is 0 Å². The van der Waals surface area contributed by atoms with E-state index in [1.165, 1.54) is 11.3 Å². The highest BCUT2D eigenvalue weighted by Crippen LogP contribution is 2.42. The van der Waals surface area contributed by atoms with Gasteiger partial charge in [-0.25, -0.2) is 0 Å². The number of benzene rings is 1. The van der Waals surface area contributed by atoms with E-state index in [0.717, 1.165) is 46.8 Å². The molecule has 1 saturated heterocycles. The summed E-state index contributed by atoms with van der Waals surface area (Å²) in [5.41, 5.74) is 1.96. The molecule has 6 nitrogen and oxygen atoms in total. The number of unbranched alkanes of at least 4 members (excludes halogenated alkanes) is 2. The van der Waals surface area contributed by atoms with E-state index in [9.17, 15) is 9.59 Å². The molecule has 2 aromatic heterocycles. The summed E-state index contributed by atoms with van der Waals surface area (Å²) in [6.07, 6.45) is 5.14. The van der Waals surface area contributed by atoms with Gasteiger partial charge in [-0.1, -0.05) is 54.9 Å². The van der Waals surface area contributed by atoms with E-state index < -0.39 is 0 Å². The minimum Gasteiger partial charge on any atom is -0.303 e. The molecule has 0 radical (unpaired) electrons. The van der Waals surface area contributed by atoms with E-state index in [0.29, 0.717) is 18.0 Å². The Labute approximate surface area is 196 Å². The standard InChI is InChI=1S/C24H28N4O2S2/c1-3-4-5-8-20-26-27-24(32-20)25-23(30)18-13-14-21(29)28(17-11-9-16(2)10-12-17)22(18)19-7-6-15-31-19/h6-7,9-12,15,18,22H,3-5,8,13-14H2,1-2H3,(H,25,27,30). The van der Waals surface area contributed by atoms with Crippen LogP contribution < -0.4 is 10.2 Å². The quantitative estimate of drug-likeness (QED) is 0.426. The van der Waals surface area contributed by atoms with Crippen molar-refractivity contribution >= 4 is 45.3 Å². The maximum absolute atomic E-state index is 13.4. The van der Waals surface area contributed by atoms with Gasteiger partial charge in [0.15, 0.2) is 0 Å². The Morgan fingerprint density at radius 2 is 2.00 bits per heavy atom. The topological polar surface area (TPSA) is 75.2 Å². The molecule has 4 rings (SSSR count). The first-order valence-corrected chi connectivity index (χ1v) is 12.8. The van der Waals surface area contributed by atoms with Gasteiger partial charge >= 0.3 is 0 Å². The molecule has 168 valence electrons. The number of amides is 2. The fourth-order valence-corrected chi connectivity index (χ4v) is 5.76. The van der Waals surface area contributed by atoms with Crippen LogP contribution in [0.25, 0.3) is 0 Å². The van der Waals surface area contributed by atoms with E-state index >= 15 is 0 Å². The van der Waals surface area contributed by atoms with E-state index in [4.69, 9.17) is 0 Å². The minimum absolute atomic E-state index is 0.0467. The summed E-state index contributed by atoms with van der Waals surface area (Å²) in [5.74, 6) is -0.421. The molecule has 8 heteroatoms. The lowest BCUT2D eigenvalue weighted by molar-refractivity contribution is -0.125. The summed E-state index contributed by atoms with van der Waals surface area (Å²) < 4.78 is 0. The van der Waals surface area contributed by atoms with Gasteiger partial charge in [-0.05, 0) is 43.3 Å². The maximum Gasteiger partial charge on any atom is 0.231 e. The van der Waals surface area contributed by atoms with Crippen molar-refractivity contribution in [2.24, 2.45) is 5.92 Å². The summed E-state index contributed by atoms with van der Waals surface area (Å²) in [5, 5.41) is 14.9. The summed E-state index contributed by atoms with van der Waals surface area (Å²) in [4.78, 5) is 29.2. The van der Waals surface area contributed by atoms with E-state index in [1.54, 1.807) is 16.2 Å². The SMILES string of the molecule is CCCCCc1nnc(NC(=O)C2CCC(=O)N(c3ccc(C)cc3)C2c2cccs2)s1. The molecule has 3 aromatic rings. The molecule has 2 amide bonds. The Hall–Kier alpha value is -2.58. The third-order valence-electron chi connectivity index (χ3n) is 5.77. The van der Waals surface area contributed by atoms with E-state index in [-0.39, 0.29) is 23.8 Å². The highest BCUT2D eigenvalue weighted by molar-refractivity contribution is 7.15. The van der Waals surface area contributed by atoms with Crippen LogP contribution in [-0.2, 0) is 16.0 Å². The smallest absolute Gasteiger partial charge is 0.231 e. The Kier molecular flexibility index (Phi) is 7.32. The number of hydrogen-bond donors (Lipinski definition) is 1. The number of nitrogens with one attached hydrogen (secondary N) is 1. The Bertz CT molecular complexity index is 1050. The molecule has 1 aromatic carbocycles. The van der Waals surface area contributed by atoms with Gasteiger partial charge in [0.1, 0.15) is 5.01 Å². The monoisotopic (exact) mass is 468 g/mol. The number of anilines is 2. The molecule has 0 bridgehead atoms. The third-order valence-corrected chi connectivity index (χ3v) is 7.61. The number of thiophene rings is 1. The van der Waals surface area contributed by atoms with Crippen LogP contribution in [0.3, 0.4) is 0 Å². The first-order valence-electron chi connectivity index (χ1n) is 11.1. The van der Waals surface area contributed by atoms with Crippen molar-refractivity contribution in [2.75, 3.05) is 10.2 Å². The molecule has 0 spiro atoms. The van der Waals surface area contributed by atoms with Crippen molar-refractivity contribution in [1.29, 1.82) is 0 Å². The van der Waals surface area contributed by atoms with Crippen LogP contribution in [0.1, 0.15) is 60.5 Å². The molecule has 1 N–H and O–H groups in total. The molecule has 2 unspecified atom stereocenters. The molecule has 1 aliphatic rings. The second-order valence-corrected chi connectivity index (χ2v) is 10.2. The third kappa shape index (κ3) is 5.07. The van der Waals surface area contributed by atoms with Crippen molar-refractivity contribution in [2.45, 2.75) is 58.4 Å². The zero-order chi connectivity index (χ0) is 22.5. The van der Waals surface area contributed by atoms with Gasteiger partial charge < -0.3 is 10.2 Å². The fraction of sp³-hybridized carbons (Fsp3) is 0.417. The number of carbonyl (C=O) groups excluding carboxylic acids is 2. The highest BCUT2D eigenvalue weighted by atomic mass is 32.1. The van der Waals surface area contributed by atoms with Crippen molar-refractivity contribution in [3.05, 3.63) is 57.2 Å². The lowest BCUT2D eigenvalue weighted by Gasteiger charge is -2.40. The summed E-state index contributed by atoms with van der Waals surface area (Å²) in [7, 11) is 0. The van der Waals surface area contributed by atoms with Gasteiger partial charge in [0.25, 0.3) is 0 Å². The largest absolute Gasteiger partial charge is 0.303 e. The van der Waals surface area contributed by atoms with E-state index in [2.05, 4.69) is 22.4 Å². The van der Waals surface area contributed by atoms with Crippen LogP contribution in [0.2, 0.25) is 0 Å². The number of nitrogens with zero attached hydrogens (tertiary/aromatic N) is 3. The molecule has 32 heavy (non-hydrogen) atoms. The van der Waals surface area contributed by atoms with Gasteiger partial charge in [-0.15, -0.1) is 21.5 Å². The Morgan fingerprint density at radius 1 is 1.19 bits per heavy atom. The minimum atomic E-state index is -0.361. The Morgan fingerprint density at radius 3 is 2.72 bits per heavy atom. The zero-order valence-electron chi connectivity index (χ0n) is 18.4. The highest BCUT2D eigenvalue weighted by Gasteiger charge is 2.42. The van der Waals surface area contributed by atoms with Crippen molar-refractivity contribution in [3.63, 3.8) is 0 Å². The lowest BCUT2D eigenvalue weighted by Crippen LogP contribution is -2.46. The first kappa shape index (κ1) is 22.6. The average molecular weight is 469 g/mol. The number of aryl methyl sites for hydroxylation is 2. The summed E-state index contributed by atoms with van der Waals surface area (Å²) in [6.45, 7) is 4.19. The summed E-state index contributed by atoms with van der Waals surface area (Å²) in [6, 6.07) is 11.6. The van der Waals surface area contributed by atoms with Gasteiger partial charge in [-0.3, -0.25) is 9.59 Å².